The average Bonchev–Trinajstić information content (AvgIpc) is 2.29. The predicted molar refractivity (Wildman–Crippen MR) is 72.2 cm³/mol. The summed E-state index contributed by atoms with van der Waals surface area (Å²) in [6.07, 6.45) is 0.891. The number of nitrogens with zero attached hydrogens (tertiary/aromatic N) is 1. The number of nitrogens with two attached hydrogens (primary N) is 1. The second-order valence-electron chi connectivity index (χ2n) is 4.85. The summed E-state index contributed by atoms with van der Waals surface area (Å²) >= 11 is 0. The van der Waals surface area contributed by atoms with E-state index in [4.69, 9.17) is 10.5 Å². The maximum absolute atomic E-state index is 13.5. The van der Waals surface area contributed by atoms with E-state index in [0.717, 1.165) is 17.7 Å². The van der Waals surface area contributed by atoms with Crippen LogP contribution in [0.3, 0.4) is 0 Å². The molecule has 1 rings (SSSR count). The molecular formula is C14H23FN2O. The van der Waals surface area contributed by atoms with Crippen LogP contribution in [0, 0.1) is 11.7 Å². The van der Waals surface area contributed by atoms with E-state index in [2.05, 4.69) is 11.8 Å². The quantitative estimate of drug-likeness (QED) is 0.847. The van der Waals surface area contributed by atoms with Gasteiger partial charge >= 0.3 is 0 Å². The Hall–Kier alpha value is -1.13. The van der Waals surface area contributed by atoms with Crippen LogP contribution in [0.25, 0.3) is 0 Å². The summed E-state index contributed by atoms with van der Waals surface area (Å²) in [5.41, 5.74) is 6.50. The molecule has 0 bridgehead atoms. The molecule has 0 heterocycles. The Morgan fingerprint density at radius 3 is 2.56 bits per heavy atom. The number of hydrogen-bond acceptors (Lipinski definition) is 3. The summed E-state index contributed by atoms with van der Waals surface area (Å²) in [4.78, 5) is 2.08. The van der Waals surface area contributed by atoms with Crippen molar-refractivity contribution in [2.24, 2.45) is 11.7 Å². The minimum absolute atomic E-state index is 0.0965. The first-order valence-electron chi connectivity index (χ1n) is 6.21. The molecule has 0 aromatic heterocycles. The van der Waals surface area contributed by atoms with E-state index in [1.165, 1.54) is 6.07 Å². The molecule has 0 amide bonds. The predicted octanol–water partition coefficient (Wildman–Crippen LogP) is 2.42. The molecule has 0 saturated carbocycles. The monoisotopic (exact) mass is 254 g/mol. The summed E-state index contributed by atoms with van der Waals surface area (Å²) in [7, 11) is 5.58. The topological polar surface area (TPSA) is 38.5 Å². The highest BCUT2D eigenvalue weighted by Gasteiger charge is 2.24. The van der Waals surface area contributed by atoms with Gasteiger partial charge in [-0.2, -0.15) is 0 Å². The van der Waals surface area contributed by atoms with Crippen molar-refractivity contribution in [3.05, 3.63) is 29.6 Å². The fourth-order valence-corrected chi connectivity index (χ4v) is 2.45. The average molecular weight is 254 g/mol. The lowest BCUT2D eigenvalue weighted by atomic mass is 9.90. The third-order valence-corrected chi connectivity index (χ3v) is 3.23. The minimum atomic E-state index is -0.238. The van der Waals surface area contributed by atoms with Crippen LogP contribution >= 0.6 is 0 Å². The lowest BCUT2D eigenvalue weighted by Crippen LogP contribution is -2.28. The van der Waals surface area contributed by atoms with Gasteiger partial charge in [-0.25, -0.2) is 4.39 Å². The molecule has 0 spiro atoms. The summed E-state index contributed by atoms with van der Waals surface area (Å²) in [6.45, 7) is 2.75. The summed E-state index contributed by atoms with van der Waals surface area (Å²) in [6, 6.07) is 4.74. The molecule has 0 aliphatic rings. The molecule has 4 heteroatoms. The molecule has 1 aromatic rings. The van der Waals surface area contributed by atoms with E-state index in [1.807, 2.05) is 14.1 Å². The number of hydrogen-bond donors (Lipinski definition) is 1. The van der Waals surface area contributed by atoms with Crippen LogP contribution in [0.2, 0.25) is 0 Å². The molecule has 18 heavy (non-hydrogen) atoms. The van der Waals surface area contributed by atoms with Gasteiger partial charge in [-0.3, -0.25) is 0 Å². The fraction of sp³-hybridized carbons (Fsp3) is 0.571. The SMILES string of the molecule is COc1ccc(F)cc1C(C(C)CCN)N(C)C. The standard InChI is InChI=1S/C14H23FN2O/c1-10(7-8-16)14(17(2)3)12-9-11(15)5-6-13(12)18-4/h5-6,9-10,14H,7-8,16H2,1-4H3. The first-order chi connectivity index (χ1) is 8.51. The van der Waals surface area contributed by atoms with Crippen molar-refractivity contribution < 1.29 is 9.13 Å². The molecule has 0 aliphatic carbocycles. The Kier molecular flexibility index (Phi) is 5.56. The second-order valence-corrected chi connectivity index (χ2v) is 4.85. The van der Waals surface area contributed by atoms with E-state index in [9.17, 15) is 4.39 Å². The van der Waals surface area contributed by atoms with Gasteiger partial charge in [0.05, 0.1) is 7.11 Å². The van der Waals surface area contributed by atoms with Crippen LogP contribution in [-0.2, 0) is 0 Å². The Morgan fingerprint density at radius 1 is 1.39 bits per heavy atom. The Labute approximate surface area is 109 Å². The molecular weight excluding hydrogens is 231 g/mol. The Balaban J connectivity index is 3.15. The molecule has 0 fully saturated rings. The smallest absolute Gasteiger partial charge is 0.123 e. The largest absolute Gasteiger partial charge is 0.496 e. The first kappa shape index (κ1) is 14.9. The van der Waals surface area contributed by atoms with Crippen LogP contribution < -0.4 is 10.5 Å². The maximum atomic E-state index is 13.5. The first-order valence-corrected chi connectivity index (χ1v) is 6.21. The van der Waals surface area contributed by atoms with Gasteiger partial charge in [-0.1, -0.05) is 6.92 Å². The van der Waals surface area contributed by atoms with Crippen molar-refractivity contribution in [1.82, 2.24) is 4.90 Å². The minimum Gasteiger partial charge on any atom is -0.496 e. The van der Waals surface area contributed by atoms with Gasteiger partial charge in [0.1, 0.15) is 11.6 Å². The highest BCUT2D eigenvalue weighted by Crippen LogP contribution is 2.35. The van der Waals surface area contributed by atoms with Gasteiger partial charge in [-0.15, -0.1) is 0 Å². The number of rotatable bonds is 6. The van der Waals surface area contributed by atoms with Crippen LogP contribution in [0.4, 0.5) is 4.39 Å². The molecule has 3 nitrogen and oxygen atoms in total. The molecule has 1 aromatic carbocycles. The van der Waals surface area contributed by atoms with Crippen molar-refractivity contribution in [3.63, 3.8) is 0 Å². The molecule has 0 saturated heterocycles. The Bertz CT molecular complexity index is 382. The van der Waals surface area contributed by atoms with Gasteiger partial charge in [0.25, 0.3) is 0 Å². The highest BCUT2D eigenvalue weighted by atomic mass is 19.1. The van der Waals surface area contributed by atoms with Gasteiger partial charge in [0, 0.05) is 11.6 Å². The number of ether oxygens (including phenoxy) is 1. The highest BCUT2D eigenvalue weighted by molar-refractivity contribution is 5.36. The number of methoxy groups -OCH3 is 1. The number of benzene rings is 1. The van der Waals surface area contributed by atoms with Crippen molar-refractivity contribution in [1.29, 1.82) is 0 Å². The van der Waals surface area contributed by atoms with E-state index in [0.29, 0.717) is 12.5 Å². The van der Waals surface area contributed by atoms with E-state index < -0.39 is 0 Å². The molecule has 0 radical (unpaired) electrons. The fourth-order valence-electron chi connectivity index (χ4n) is 2.45. The lowest BCUT2D eigenvalue weighted by Gasteiger charge is -2.31. The second kappa shape index (κ2) is 6.71. The zero-order valence-corrected chi connectivity index (χ0v) is 11.6. The molecule has 2 atom stereocenters. The normalized spacial score (nSPS) is 14.6. The van der Waals surface area contributed by atoms with Crippen LogP contribution in [0.1, 0.15) is 24.9 Å². The van der Waals surface area contributed by atoms with Crippen molar-refractivity contribution in [2.45, 2.75) is 19.4 Å². The van der Waals surface area contributed by atoms with Gasteiger partial charge in [0.15, 0.2) is 0 Å². The van der Waals surface area contributed by atoms with Crippen molar-refractivity contribution >= 4 is 0 Å². The molecule has 0 aliphatic heterocycles. The van der Waals surface area contributed by atoms with Crippen LogP contribution in [-0.4, -0.2) is 32.6 Å². The van der Waals surface area contributed by atoms with Gasteiger partial charge in [0.2, 0.25) is 0 Å². The summed E-state index contributed by atoms with van der Waals surface area (Å²) in [5, 5.41) is 0. The third-order valence-electron chi connectivity index (χ3n) is 3.23. The van der Waals surface area contributed by atoms with E-state index in [1.54, 1.807) is 19.2 Å². The van der Waals surface area contributed by atoms with Gasteiger partial charge < -0.3 is 15.4 Å². The zero-order chi connectivity index (χ0) is 13.7. The summed E-state index contributed by atoms with van der Waals surface area (Å²) in [5.74, 6) is 0.817. The van der Waals surface area contributed by atoms with Gasteiger partial charge in [-0.05, 0) is 51.2 Å². The lowest BCUT2D eigenvalue weighted by molar-refractivity contribution is 0.211. The van der Waals surface area contributed by atoms with Crippen molar-refractivity contribution in [3.8, 4) is 5.75 Å². The number of halogens is 1. The van der Waals surface area contributed by atoms with Crippen LogP contribution in [0.15, 0.2) is 18.2 Å². The Morgan fingerprint density at radius 2 is 2.06 bits per heavy atom. The third kappa shape index (κ3) is 3.43. The zero-order valence-electron chi connectivity index (χ0n) is 11.6. The van der Waals surface area contributed by atoms with Crippen molar-refractivity contribution in [2.75, 3.05) is 27.7 Å². The van der Waals surface area contributed by atoms with E-state index in [-0.39, 0.29) is 11.9 Å². The molecule has 102 valence electrons. The molecule has 2 N–H and O–H groups in total. The maximum Gasteiger partial charge on any atom is 0.123 e. The van der Waals surface area contributed by atoms with Crippen LogP contribution in [0.5, 0.6) is 5.75 Å². The van der Waals surface area contributed by atoms with E-state index >= 15 is 0 Å². The molecule has 2 unspecified atom stereocenters. The summed E-state index contributed by atoms with van der Waals surface area (Å²) < 4.78 is 18.8.